The number of unbranched alkanes of at least 4 members (excludes halogenated alkanes) is 5. The predicted molar refractivity (Wildman–Crippen MR) is 81.7 cm³/mol. The van der Waals surface area contributed by atoms with Gasteiger partial charge in [-0.15, -0.1) is 6.58 Å². The third kappa shape index (κ3) is 7.12. The Bertz CT molecular complexity index is 348. The van der Waals surface area contributed by atoms with Crippen molar-refractivity contribution < 1.29 is 14.7 Å². The van der Waals surface area contributed by atoms with Gasteiger partial charge in [0.25, 0.3) is 0 Å². The normalized spacial score (nSPS) is 11.2. The molecule has 0 saturated heterocycles. The van der Waals surface area contributed by atoms with Crippen LogP contribution in [-0.2, 0) is 4.79 Å². The lowest BCUT2D eigenvalue weighted by Gasteiger charge is -2.19. The third-order valence-electron chi connectivity index (χ3n) is 3.15. The maximum atomic E-state index is 12.1. The highest BCUT2D eigenvalue weighted by Crippen LogP contribution is 2.13. The molecule has 0 saturated carbocycles. The Balaban J connectivity index is 4.27. The van der Waals surface area contributed by atoms with Crippen LogP contribution < -0.4 is 0 Å². The second kappa shape index (κ2) is 11.3. The number of nitrogens with zero attached hydrogens (tertiary/aromatic N) is 1. The molecule has 0 aromatic rings. The van der Waals surface area contributed by atoms with Crippen molar-refractivity contribution in [3.05, 3.63) is 24.4 Å². The molecule has 0 aromatic carbocycles. The molecule has 0 aliphatic carbocycles. The van der Waals surface area contributed by atoms with Gasteiger partial charge in [0.2, 0.25) is 0 Å². The Labute approximate surface area is 122 Å². The van der Waals surface area contributed by atoms with Crippen LogP contribution in [0, 0.1) is 0 Å². The van der Waals surface area contributed by atoms with E-state index in [1.807, 2.05) is 0 Å². The molecule has 4 heteroatoms. The van der Waals surface area contributed by atoms with Gasteiger partial charge < -0.3 is 5.11 Å². The zero-order chi connectivity index (χ0) is 15.4. The van der Waals surface area contributed by atoms with Crippen molar-refractivity contribution in [2.45, 2.75) is 58.8 Å². The lowest BCUT2D eigenvalue weighted by Crippen LogP contribution is -2.32. The summed E-state index contributed by atoms with van der Waals surface area (Å²) in [5.74, 6) is -0.104. The highest BCUT2D eigenvalue weighted by Gasteiger charge is 2.20. The maximum absolute atomic E-state index is 12.1. The van der Waals surface area contributed by atoms with Gasteiger partial charge in [0.05, 0.1) is 5.70 Å². The molecule has 0 fully saturated rings. The van der Waals surface area contributed by atoms with Gasteiger partial charge in [-0.25, -0.2) is 4.79 Å². The minimum absolute atomic E-state index is 0.104. The highest BCUT2D eigenvalue weighted by molar-refractivity contribution is 5.97. The average Bonchev–Trinajstić information content (AvgIpc) is 2.42. The topological polar surface area (TPSA) is 57.6 Å². The number of carbonyl (C=O) groups excluding carboxylic acids is 1. The number of hydrogen-bond acceptors (Lipinski definition) is 2. The highest BCUT2D eigenvalue weighted by atomic mass is 16.4. The molecule has 0 spiro atoms. The van der Waals surface area contributed by atoms with Crippen molar-refractivity contribution in [1.29, 1.82) is 0 Å². The molecule has 0 aliphatic rings. The Hall–Kier alpha value is -1.58. The Kier molecular flexibility index (Phi) is 10.4. The SMILES string of the molecule is C=CCN(C(=O)O)/C(=C\C)C(=O)CCCCCCCC. The van der Waals surface area contributed by atoms with Crippen molar-refractivity contribution in [2.24, 2.45) is 0 Å². The number of carboxylic acid groups (broad SMARTS) is 1. The van der Waals surface area contributed by atoms with Crippen LogP contribution in [0.3, 0.4) is 0 Å². The number of allylic oxidation sites excluding steroid dienone is 2. The number of ketones is 1. The van der Waals surface area contributed by atoms with E-state index in [9.17, 15) is 9.59 Å². The van der Waals surface area contributed by atoms with Crippen LogP contribution in [0.15, 0.2) is 24.4 Å². The van der Waals surface area contributed by atoms with Crippen LogP contribution in [0.2, 0.25) is 0 Å². The molecule has 0 bridgehead atoms. The number of Topliss-reactive ketones (excluding diaryl/α,β-unsaturated/α-hetero) is 1. The lowest BCUT2D eigenvalue weighted by atomic mass is 10.1. The summed E-state index contributed by atoms with van der Waals surface area (Å²) in [6.07, 6.45) is 8.98. The number of hydrogen-bond donors (Lipinski definition) is 1. The summed E-state index contributed by atoms with van der Waals surface area (Å²) in [5.41, 5.74) is 0.256. The van der Waals surface area contributed by atoms with Crippen LogP contribution in [0.5, 0.6) is 0 Å². The summed E-state index contributed by atoms with van der Waals surface area (Å²) in [6, 6.07) is 0. The van der Waals surface area contributed by atoms with E-state index < -0.39 is 6.09 Å². The Morgan fingerprint density at radius 2 is 1.75 bits per heavy atom. The number of amides is 1. The fourth-order valence-corrected chi connectivity index (χ4v) is 2.07. The predicted octanol–water partition coefficient (Wildman–Crippen LogP) is 4.38. The van der Waals surface area contributed by atoms with Crippen molar-refractivity contribution in [3.8, 4) is 0 Å². The monoisotopic (exact) mass is 281 g/mol. The second-order valence-electron chi connectivity index (χ2n) is 4.80. The number of carbonyl (C=O) groups is 2. The van der Waals surface area contributed by atoms with Crippen molar-refractivity contribution in [3.63, 3.8) is 0 Å². The van der Waals surface area contributed by atoms with Crippen molar-refractivity contribution in [1.82, 2.24) is 4.90 Å². The fraction of sp³-hybridized carbons (Fsp3) is 0.625. The molecule has 0 aromatic heterocycles. The minimum atomic E-state index is -1.12. The average molecular weight is 281 g/mol. The van der Waals surface area contributed by atoms with E-state index in [0.29, 0.717) is 6.42 Å². The van der Waals surface area contributed by atoms with E-state index >= 15 is 0 Å². The lowest BCUT2D eigenvalue weighted by molar-refractivity contribution is -0.117. The number of rotatable bonds is 11. The molecule has 4 nitrogen and oxygen atoms in total. The molecule has 20 heavy (non-hydrogen) atoms. The molecule has 0 unspecified atom stereocenters. The molecule has 1 amide bonds. The van der Waals surface area contributed by atoms with Gasteiger partial charge in [-0.3, -0.25) is 9.69 Å². The molecule has 0 radical (unpaired) electrons. The van der Waals surface area contributed by atoms with Crippen LogP contribution in [0.25, 0.3) is 0 Å². The van der Waals surface area contributed by atoms with E-state index in [1.54, 1.807) is 13.0 Å². The summed E-state index contributed by atoms with van der Waals surface area (Å²) in [5, 5.41) is 9.11. The molecule has 0 heterocycles. The van der Waals surface area contributed by atoms with Gasteiger partial charge in [-0.2, -0.15) is 0 Å². The van der Waals surface area contributed by atoms with Gasteiger partial charge >= 0.3 is 6.09 Å². The molecule has 1 N–H and O–H groups in total. The Morgan fingerprint density at radius 3 is 2.25 bits per heavy atom. The smallest absolute Gasteiger partial charge is 0.412 e. The largest absolute Gasteiger partial charge is 0.465 e. The summed E-state index contributed by atoms with van der Waals surface area (Å²) < 4.78 is 0. The van der Waals surface area contributed by atoms with E-state index in [-0.39, 0.29) is 18.0 Å². The first-order valence-electron chi connectivity index (χ1n) is 7.39. The first-order chi connectivity index (χ1) is 9.58. The minimum Gasteiger partial charge on any atom is -0.465 e. The van der Waals surface area contributed by atoms with Gasteiger partial charge in [-0.05, 0) is 13.3 Å². The first kappa shape index (κ1) is 18.4. The molecular formula is C16H27NO3. The van der Waals surface area contributed by atoms with E-state index in [2.05, 4.69) is 13.5 Å². The van der Waals surface area contributed by atoms with Gasteiger partial charge in [0, 0.05) is 13.0 Å². The van der Waals surface area contributed by atoms with Crippen molar-refractivity contribution >= 4 is 11.9 Å². The van der Waals surface area contributed by atoms with Crippen LogP contribution in [-0.4, -0.2) is 28.4 Å². The van der Waals surface area contributed by atoms with Crippen LogP contribution >= 0.6 is 0 Å². The molecular weight excluding hydrogens is 254 g/mol. The summed E-state index contributed by atoms with van der Waals surface area (Å²) in [4.78, 5) is 24.3. The zero-order valence-electron chi connectivity index (χ0n) is 12.7. The van der Waals surface area contributed by atoms with E-state index in [0.717, 1.165) is 24.2 Å². The summed E-state index contributed by atoms with van der Waals surface area (Å²) >= 11 is 0. The van der Waals surface area contributed by atoms with Gasteiger partial charge in [-0.1, -0.05) is 51.2 Å². The molecule has 0 aliphatic heterocycles. The van der Waals surface area contributed by atoms with Crippen molar-refractivity contribution in [2.75, 3.05) is 6.54 Å². The molecule has 0 atom stereocenters. The second-order valence-corrected chi connectivity index (χ2v) is 4.80. The van der Waals surface area contributed by atoms with Gasteiger partial charge in [0.1, 0.15) is 0 Å². The summed E-state index contributed by atoms with van der Waals surface area (Å²) in [6.45, 7) is 7.51. The first-order valence-corrected chi connectivity index (χ1v) is 7.39. The zero-order valence-corrected chi connectivity index (χ0v) is 12.7. The fourth-order valence-electron chi connectivity index (χ4n) is 2.07. The van der Waals surface area contributed by atoms with Crippen LogP contribution in [0.4, 0.5) is 4.79 Å². The maximum Gasteiger partial charge on any atom is 0.412 e. The molecule has 114 valence electrons. The van der Waals surface area contributed by atoms with Gasteiger partial charge in [0.15, 0.2) is 5.78 Å². The quantitative estimate of drug-likeness (QED) is 0.347. The Morgan fingerprint density at radius 1 is 1.15 bits per heavy atom. The third-order valence-corrected chi connectivity index (χ3v) is 3.15. The van der Waals surface area contributed by atoms with Crippen LogP contribution in [0.1, 0.15) is 58.8 Å². The standard InChI is InChI=1S/C16H27NO3/c1-4-7-8-9-10-11-12-15(18)14(6-3)17(13-5-2)16(19)20/h5-6H,2,4,7-13H2,1,3H3,(H,19,20)/b14-6-. The van der Waals surface area contributed by atoms with E-state index in [4.69, 9.17) is 5.11 Å². The van der Waals surface area contributed by atoms with E-state index in [1.165, 1.54) is 25.3 Å². The summed E-state index contributed by atoms with van der Waals surface area (Å²) in [7, 11) is 0. The molecule has 0 rings (SSSR count).